The highest BCUT2D eigenvalue weighted by Crippen LogP contribution is 2.32. The zero-order valence-corrected chi connectivity index (χ0v) is 16.1. The van der Waals surface area contributed by atoms with Gasteiger partial charge in [0.05, 0.1) is 5.69 Å². The van der Waals surface area contributed by atoms with Gasteiger partial charge >= 0.3 is 0 Å². The number of halogens is 1. The zero-order valence-electron chi connectivity index (χ0n) is 15.3. The Hall–Kier alpha value is -2.67. The van der Waals surface area contributed by atoms with Crippen LogP contribution in [-0.2, 0) is 9.59 Å². The molecule has 7 heteroatoms. The number of amides is 2. The SMILES string of the molecule is Cc1cccc(N=C2SC(CC(=O)Nc3ccc(F)cc3)C(=O)N2C)c1C. The second kappa shape index (κ2) is 7.92. The first-order chi connectivity index (χ1) is 12.8. The molecule has 0 aliphatic carbocycles. The molecule has 1 aliphatic heterocycles. The third kappa shape index (κ3) is 4.36. The van der Waals surface area contributed by atoms with Crippen molar-refractivity contribution < 1.29 is 14.0 Å². The van der Waals surface area contributed by atoms with Gasteiger partial charge in [-0.1, -0.05) is 23.9 Å². The Labute approximate surface area is 161 Å². The number of nitrogens with one attached hydrogen (secondary N) is 1. The summed E-state index contributed by atoms with van der Waals surface area (Å²) in [4.78, 5) is 30.8. The number of carbonyl (C=O) groups excluding carboxylic acids is 2. The molecule has 2 aromatic rings. The second-order valence-electron chi connectivity index (χ2n) is 6.38. The van der Waals surface area contributed by atoms with Crippen LogP contribution in [0.4, 0.5) is 15.8 Å². The number of aryl methyl sites for hydroxylation is 1. The Morgan fingerprint density at radius 2 is 1.93 bits per heavy atom. The second-order valence-corrected chi connectivity index (χ2v) is 7.55. The number of hydrogen-bond acceptors (Lipinski definition) is 4. The van der Waals surface area contributed by atoms with Gasteiger partial charge in [-0.3, -0.25) is 14.5 Å². The lowest BCUT2D eigenvalue weighted by Crippen LogP contribution is -2.30. The molecule has 1 atom stereocenters. The van der Waals surface area contributed by atoms with Gasteiger partial charge in [-0.15, -0.1) is 0 Å². The molecule has 1 fully saturated rings. The van der Waals surface area contributed by atoms with E-state index in [2.05, 4.69) is 10.3 Å². The van der Waals surface area contributed by atoms with Gasteiger partial charge in [0.15, 0.2) is 5.17 Å². The van der Waals surface area contributed by atoms with Gasteiger partial charge in [0.25, 0.3) is 0 Å². The van der Waals surface area contributed by atoms with E-state index in [-0.39, 0.29) is 24.1 Å². The van der Waals surface area contributed by atoms with Crippen LogP contribution >= 0.6 is 11.8 Å². The number of aliphatic imine (C=N–C) groups is 1. The summed E-state index contributed by atoms with van der Waals surface area (Å²) in [5, 5.41) is 2.73. The summed E-state index contributed by atoms with van der Waals surface area (Å²) in [6, 6.07) is 11.4. The summed E-state index contributed by atoms with van der Waals surface area (Å²) in [7, 11) is 1.66. The van der Waals surface area contributed by atoms with Crippen molar-refractivity contribution in [3.05, 3.63) is 59.4 Å². The van der Waals surface area contributed by atoms with Gasteiger partial charge in [-0.05, 0) is 55.3 Å². The van der Waals surface area contributed by atoms with E-state index in [4.69, 9.17) is 0 Å². The fraction of sp³-hybridized carbons (Fsp3) is 0.250. The molecule has 1 heterocycles. The average Bonchev–Trinajstić information content (AvgIpc) is 2.89. The number of rotatable bonds is 4. The molecule has 0 aromatic heterocycles. The maximum atomic E-state index is 12.9. The summed E-state index contributed by atoms with van der Waals surface area (Å²) < 4.78 is 12.9. The molecule has 0 spiro atoms. The molecule has 3 rings (SSSR count). The Morgan fingerprint density at radius 3 is 2.63 bits per heavy atom. The van der Waals surface area contributed by atoms with Crippen LogP contribution < -0.4 is 5.32 Å². The third-order valence-electron chi connectivity index (χ3n) is 4.43. The number of thioether (sulfide) groups is 1. The first-order valence-corrected chi connectivity index (χ1v) is 9.37. The highest BCUT2D eigenvalue weighted by molar-refractivity contribution is 8.15. The smallest absolute Gasteiger partial charge is 0.242 e. The number of amidine groups is 1. The summed E-state index contributed by atoms with van der Waals surface area (Å²) in [5.74, 6) is -0.824. The summed E-state index contributed by atoms with van der Waals surface area (Å²) >= 11 is 1.28. The minimum atomic E-state index is -0.528. The molecule has 2 aromatic carbocycles. The highest BCUT2D eigenvalue weighted by Gasteiger charge is 2.37. The van der Waals surface area contributed by atoms with Crippen molar-refractivity contribution >= 4 is 40.1 Å². The zero-order chi connectivity index (χ0) is 19.6. The van der Waals surface area contributed by atoms with Crippen LogP contribution in [0.2, 0.25) is 0 Å². The Balaban J connectivity index is 1.70. The lowest BCUT2D eigenvalue weighted by molar-refractivity contribution is -0.127. The van der Waals surface area contributed by atoms with Crippen molar-refractivity contribution in [2.45, 2.75) is 25.5 Å². The maximum absolute atomic E-state index is 12.9. The molecule has 0 radical (unpaired) electrons. The molecular formula is C20H20FN3O2S. The standard InChI is InChI=1S/C20H20FN3O2S/c1-12-5-4-6-16(13(12)2)23-20-24(3)19(26)17(27-20)11-18(25)22-15-9-7-14(21)8-10-15/h4-10,17H,11H2,1-3H3,(H,22,25). The Bertz CT molecular complexity index is 912. The van der Waals surface area contributed by atoms with Crippen molar-refractivity contribution in [3.63, 3.8) is 0 Å². The average molecular weight is 385 g/mol. The number of nitrogens with zero attached hydrogens (tertiary/aromatic N) is 2. The minimum Gasteiger partial charge on any atom is -0.326 e. The van der Waals surface area contributed by atoms with Gasteiger partial charge < -0.3 is 5.32 Å². The van der Waals surface area contributed by atoms with Crippen LogP contribution in [0.5, 0.6) is 0 Å². The molecule has 1 saturated heterocycles. The monoisotopic (exact) mass is 385 g/mol. The quantitative estimate of drug-likeness (QED) is 0.864. The van der Waals surface area contributed by atoms with E-state index in [1.807, 2.05) is 32.0 Å². The Morgan fingerprint density at radius 1 is 1.22 bits per heavy atom. The predicted octanol–water partition coefficient (Wildman–Crippen LogP) is 4.03. The number of benzene rings is 2. The lowest BCUT2D eigenvalue weighted by atomic mass is 10.1. The molecule has 1 N–H and O–H groups in total. The third-order valence-corrected chi connectivity index (χ3v) is 5.66. The van der Waals surface area contributed by atoms with E-state index >= 15 is 0 Å². The van der Waals surface area contributed by atoms with Crippen molar-refractivity contribution in [2.24, 2.45) is 4.99 Å². The van der Waals surface area contributed by atoms with Crippen molar-refractivity contribution in [1.29, 1.82) is 0 Å². The van der Waals surface area contributed by atoms with Crippen LogP contribution in [-0.4, -0.2) is 34.2 Å². The molecule has 2 amide bonds. The number of anilines is 1. The predicted molar refractivity (Wildman–Crippen MR) is 107 cm³/mol. The van der Waals surface area contributed by atoms with Gasteiger partial charge in [-0.25, -0.2) is 9.38 Å². The molecule has 0 bridgehead atoms. The number of hydrogen-bond donors (Lipinski definition) is 1. The molecular weight excluding hydrogens is 365 g/mol. The molecule has 1 aliphatic rings. The summed E-state index contributed by atoms with van der Waals surface area (Å²) in [6.45, 7) is 4.00. The van der Waals surface area contributed by atoms with E-state index in [9.17, 15) is 14.0 Å². The highest BCUT2D eigenvalue weighted by atomic mass is 32.2. The van der Waals surface area contributed by atoms with E-state index in [0.29, 0.717) is 10.9 Å². The van der Waals surface area contributed by atoms with E-state index in [1.165, 1.54) is 40.9 Å². The first kappa shape index (κ1) is 19.1. The fourth-order valence-electron chi connectivity index (χ4n) is 2.67. The van der Waals surface area contributed by atoms with Crippen LogP contribution in [0.3, 0.4) is 0 Å². The van der Waals surface area contributed by atoms with Gasteiger partial charge in [0.1, 0.15) is 11.1 Å². The number of carbonyl (C=O) groups is 2. The van der Waals surface area contributed by atoms with Crippen molar-refractivity contribution in [3.8, 4) is 0 Å². The van der Waals surface area contributed by atoms with Gasteiger partial charge in [-0.2, -0.15) is 0 Å². The molecule has 0 saturated carbocycles. The lowest BCUT2D eigenvalue weighted by Gasteiger charge is -2.10. The van der Waals surface area contributed by atoms with Crippen LogP contribution in [0.25, 0.3) is 0 Å². The summed E-state index contributed by atoms with van der Waals surface area (Å²) in [5.41, 5.74) is 3.50. The summed E-state index contributed by atoms with van der Waals surface area (Å²) in [6.07, 6.45) is 0.0248. The van der Waals surface area contributed by atoms with Crippen LogP contribution in [0.15, 0.2) is 47.5 Å². The maximum Gasteiger partial charge on any atom is 0.242 e. The minimum absolute atomic E-state index is 0.0248. The van der Waals surface area contributed by atoms with Gasteiger partial charge in [0, 0.05) is 19.2 Å². The van der Waals surface area contributed by atoms with E-state index < -0.39 is 5.25 Å². The normalized spacial score (nSPS) is 18.2. The largest absolute Gasteiger partial charge is 0.326 e. The molecule has 140 valence electrons. The topological polar surface area (TPSA) is 61.8 Å². The van der Waals surface area contributed by atoms with E-state index in [0.717, 1.165) is 16.8 Å². The van der Waals surface area contributed by atoms with Crippen LogP contribution in [0, 0.1) is 19.7 Å². The molecule has 1 unspecified atom stereocenters. The van der Waals surface area contributed by atoms with Gasteiger partial charge in [0.2, 0.25) is 11.8 Å². The van der Waals surface area contributed by atoms with Crippen molar-refractivity contribution in [1.82, 2.24) is 4.90 Å². The fourth-order valence-corrected chi connectivity index (χ4v) is 3.82. The molecule has 5 nitrogen and oxygen atoms in total. The van der Waals surface area contributed by atoms with Crippen molar-refractivity contribution in [2.75, 3.05) is 12.4 Å². The van der Waals surface area contributed by atoms with E-state index in [1.54, 1.807) is 7.05 Å². The molecule has 27 heavy (non-hydrogen) atoms. The Kier molecular flexibility index (Phi) is 5.60. The first-order valence-electron chi connectivity index (χ1n) is 8.49. The van der Waals surface area contributed by atoms with Crippen LogP contribution in [0.1, 0.15) is 17.5 Å².